The zero-order valence-electron chi connectivity index (χ0n) is 12.7. The minimum absolute atomic E-state index is 0.0629. The van der Waals surface area contributed by atoms with Gasteiger partial charge in [0.2, 0.25) is 16.9 Å². The van der Waals surface area contributed by atoms with Crippen molar-refractivity contribution in [3.05, 3.63) is 40.9 Å². The minimum Gasteiger partial charge on any atom is -0.301 e. The Balaban J connectivity index is 1.80. The maximum Gasteiger partial charge on any atom is 0.247 e. The highest BCUT2D eigenvalue weighted by atomic mass is 32.1. The fourth-order valence-electron chi connectivity index (χ4n) is 1.68. The standard InChI is InChI=1S/C15H17N5O2S/c1-2-6-12(21)17-15-20-19-14(23-15)9-13(22)18-16-10-11-7-4-3-5-8-11/h3-5,7-8,10H,2,6,9H2,1H3,(H,18,22)(H,17,20,21)/b16-10-. The summed E-state index contributed by atoms with van der Waals surface area (Å²) in [4.78, 5) is 23.2. The van der Waals surface area contributed by atoms with Crippen LogP contribution in [0.4, 0.5) is 5.13 Å². The number of carbonyl (C=O) groups is 2. The Morgan fingerprint density at radius 1 is 1.22 bits per heavy atom. The third kappa shape index (κ3) is 5.95. The van der Waals surface area contributed by atoms with Crippen LogP contribution < -0.4 is 10.7 Å². The first-order chi connectivity index (χ1) is 11.2. The van der Waals surface area contributed by atoms with Gasteiger partial charge in [0.15, 0.2) is 0 Å². The van der Waals surface area contributed by atoms with Gasteiger partial charge in [0.1, 0.15) is 5.01 Å². The lowest BCUT2D eigenvalue weighted by molar-refractivity contribution is -0.120. The van der Waals surface area contributed by atoms with E-state index in [2.05, 4.69) is 26.0 Å². The Bertz CT molecular complexity index is 684. The summed E-state index contributed by atoms with van der Waals surface area (Å²) >= 11 is 1.18. The van der Waals surface area contributed by atoms with Gasteiger partial charge in [0.25, 0.3) is 0 Å². The predicted molar refractivity (Wildman–Crippen MR) is 89.3 cm³/mol. The molecular weight excluding hydrogens is 314 g/mol. The van der Waals surface area contributed by atoms with Crippen molar-refractivity contribution in [1.82, 2.24) is 15.6 Å². The first kappa shape index (κ1) is 16.8. The van der Waals surface area contributed by atoms with Gasteiger partial charge in [-0.15, -0.1) is 10.2 Å². The lowest BCUT2D eigenvalue weighted by atomic mass is 10.2. The normalized spacial score (nSPS) is 10.7. The molecule has 1 aromatic heterocycles. The van der Waals surface area contributed by atoms with Gasteiger partial charge in [0, 0.05) is 6.42 Å². The molecule has 0 aliphatic heterocycles. The molecule has 0 saturated heterocycles. The molecule has 0 bridgehead atoms. The highest BCUT2D eigenvalue weighted by Crippen LogP contribution is 2.15. The third-order valence-electron chi connectivity index (χ3n) is 2.70. The van der Waals surface area contributed by atoms with E-state index in [1.807, 2.05) is 37.3 Å². The minimum atomic E-state index is -0.292. The van der Waals surface area contributed by atoms with Crippen molar-refractivity contribution in [2.24, 2.45) is 5.10 Å². The second kappa shape index (κ2) is 8.74. The zero-order chi connectivity index (χ0) is 16.5. The second-order valence-corrected chi connectivity index (χ2v) is 5.74. The Morgan fingerprint density at radius 3 is 2.74 bits per heavy atom. The summed E-state index contributed by atoms with van der Waals surface area (Å²) in [7, 11) is 0. The average Bonchev–Trinajstić information content (AvgIpc) is 2.95. The molecule has 0 aliphatic carbocycles. The number of nitrogens with zero attached hydrogens (tertiary/aromatic N) is 3. The van der Waals surface area contributed by atoms with E-state index in [1.54, 1.807) is 6.21 Å². The molecule has 0 aliphatic rings. The molecule has 0 atom stereocenters. The van der Waals surface area contributed by atoms with Gasteiger partial charge >= 0.3 is 0 Å². The van der Waals surface area contributed by atoms with Crippen LogP contribution in [0, 0.1) is 0 Å². The number of anilines is 1. The number of aromatic nitrogens is 2. The SMILES string of the molecule is CCCC(=O)Nc1nnc(CC(=O)N/N=C\c2ccccc2)s1. The van der Waals surface area contributed by atoms with Crippen LogP contribution in [-0.2, 0) is 16.0 Å². The number of hydrogen-bond donors (Lipinski definition) is 2. The van der Waals surface area contributed by atoms with Crippen LogP contribution in [0.5, 0.6) is 0 Å². The van der Waals surface area contributed by atoms with E-state index in [-0.39, 0.29) is 18.2 Å². The first-order valence-electron chi connectivity index (χ1n) is 7.16. The lowest BCUT2D eigenvalue weighted by Gasteiger charge is -1.97. The molecule has 0 fully saturated rings. The number of rotatable bonds is 7. The van der Waals surface area contributed by atoms with Crippen LogP contribution >= 0.6 is 11.3 Å². The number of carbonyl (C=O) groups excluding carboxylic acids is 2. The molecule has 23 heavy (non-hydrogen) atoms. The van der Waals surface area contributed by atoms with Gasteiger partial charge in [-0.2, -0.15) is 5.10 Å². The molecule has 0 saturated carbocycles. The predicted octanol–water partition coefficient (Wildman–Crippen LogP) is 1.97. The summed E-state index contributed by atoms with van der Waals surface area (Å²) in [6, 6.07) is 9.44. The first-order valence-corrected chi connectivity index (χ1v) is 7.98. The van der Waals surface area contributed by atoms with Crippen LogP contribution in [0.25, 0.3) is 0 Å². The number of hydrogen-bond acceptors (Lipinski definition) is 6. The number of nitrogens with one attached hydrogen (secondary N) is 2. The van der Waals surface area contributed by atoms with Crippen molar-refractivity contribution in [1.29, 1.82) is 0 Å². The topological polar surface area (TPSA) is 96.3 Å². The molecule has 7 nitrogen and oxygen atoms in total. The monoisotopic (exact) mass is 331 g/mol. The maximum atomic E-state index is 11.8. The summed E-state index contributed by atoms with van der Waals surface area (Å²) in [6.07, 6.45) is 2.82. The summed E-state index contributed by atoms with van der Waals surface area (Å²) < 4.78 is 0. The quantitative estimate of drug-likeness (QED) is 0.599. The smallest absolute Gasteiger partial charge is 0.247 e. The molecule has 2 amide bonds. The highest BCUT2D eigenvalue weighted by Gasteiger charge is 2.10. The molecule has 1 aromatic carbocycles. The Morgan fingerprint density at radius 2 is 2.00 bits per heavy atom. The average molecular weight is 331 g/mol. The van der Waals surface area contributed by atoms with E-state index in [9.17, 15) is 9.59 Å². The molecule has 2 rings (SSSR count). The molecule has 120 valence electrons. The molecule has 2 aromatic rings. The molecular formula is C15H17N5O2S. The number of benzene rings is 1. The van der Waals surface area contributed by atoms with Crippen molar-refractivity contribution >= 4 is 34.5 Å². The zero-order valence-corrected chi connectivity index (χ0v) is 13.5. The summed E-state index contributed by atoms with van der Waals surface area (Å²) in [5.41, 5.74) is 3.33. The molecule has 2 N–H and O–H groups in total. The third-order valence-corrected chi connectivity index (χ3v) is 3.54. The van der Waals surface area contributed by atoms with Crippen LogP contribution in [0.15, 0.2) is 35.4 Å². The van der Waals surface area contributed by atoms with E-state index in [1.165, 1.54) is 11.3 Å². The maximum absolute atomic E-state index is 11.8. The Labute approximate surface area is 137 Å². The summed E-state index contributed by atoms with van der Waals surface area (Å²) in [6.45, 7) is 1.92. The number of amides is 2. The van der Waals surface area contributed by atoms with E-state index in [4.69, 9.17) is 0 Å². The van der Waals surface area contributed by atoms with Crippen molar-refractivity contribution < 1.29 is 9.59 Å². The lowest BCUT2D eigenvalue weighted by Crippen LogP contribution is -2.19. The van der Waals surface area contributed by atoms with Gasteiger partial charge in [-0.3, -0.25) is 9.59 Å². The Hall–Kier alpha value is -2.61. The van der Waals surface area contributed by atoms with Crippen LogP contribution in [0.3, 0.4) is 0 Å². The highest BCUT2D eigenvalue weighted by molar-refractivity contribution is 7.15. The molecule has 8 heteroatoms. The van der Waals surface area contributed by atoms with E-state index in [0.29, 0.717) is 16.6 Å². The van der Waals surface area contributed by atoms with Crippen LogP contribution in [0.1, 0.15) is 30.3 Å². The van der Waals surface area contributed by atoms with Gasteiger partial charge < -0.3 is 5.32 Å². The largest absolute Gasteiger partial charge is 0.301 e. The molecule has 1 heterocycles. The molecule has 0 spiro atoms. The van der Waals surface area contributed by atoms with Crippen molar-refractivity contribution in [3.63, 3.8) is 0 Å². The Kier molecular flexibility index (Phi) is 6.37. The van der Waals surface area contributed by atoms with Gasteiger partial charge in [-0.25, -0.2) is 5.43 Å². The van der Waals surface area contributed by atoms with Crippen molar-refractivity contribution in [2.45, 2.75) is 26.2 Å². The van der Waals surface area contributed by atoms with E-state index >= 15 is 0 Å². The van der Waals surface area contributed by atoms with E-state index < -0.39 is 0 Å². The summed E-state index contributed by atoms with van der Waals surface area (Å²) in [5, 5.41) is 15.2. The van der Waals surface area contributed by atoms with Crippen molar-refractivity contribution in [2.75, 3.05) is 5.32 Å². The van der Waals surface area contributed by atoms with E-state index in [0.717, 1.165) is 12.0 Å². The van der Waals surface area contributed by atoms with Crippen molar-refractivity contribution in [3.8, 4) is 0 Å². The molecule has 0 unspecified atom stereocenters. The fourth-order valence-corrected chi connectivity index (χ4v) is 2.43. The second-order valence-electron chi connectivity index (χ2n) is 4.68. The van der Waals surface area contributed by atoms with Crippen LogP contribution in [0.2, 0.25) is 0 Å². The van der Waals surface area contributed by atoms with Crippen LogP contribution in [-0.4, -0.2) is 28.2 Å². The molecule has 0 radical (unpaired) electrons. The van der Waals surface area contributed by atoms with Gasteiger partial charge in [-0.05, 0) is 12.0 Å². The van der Waals surface area contributed by atoms with Gasteiger partial charge in [-0.1, -0.05) is 48.6 Å². The fraction of sp³-hybridized carbons (Fsp3) is 0.267. The van der Waals surface area contributed by atoms with Gasteiger partial charge in [0.05, 0.1) is 12.6 Å². The number of hydrazone groups is 1. The summed E-state index contributed by atoms with van der Waals surface area (Å²) in [5.74, 6) is -0.396.